The predicted molar refractivity (Wildman–Crippen MR) is 86.6 cm³/mol. The molecule has 0 aromatic heterocycles. The van der Waals surface area contributed by atoms with E-state index in [1.54, 1.807) is 12.1 Å². The number of amides is 1. The molecule has 138 valence electrons. The van der Waals surface area contributed by atoms with Gasteiger partial charge in [-0.25, -0.2) is 4.79 Å². The van der Waals surface area contributed by atoms with Gasteiger partial charge >= 0.3 is 12.1 Å². The summed E-state index contributed by atoms with van der Waals surface area (Å²) in [6, 6.07) is 10.7. The van der Waals surface area contributed by atoms with E-state index in [0.29, 0.717) is 11.3 Å². The minimum Gasteiger partial charge on any atom is -0.497 e. The van der Waals surface area contributed by atoms with Gasteiger partial charge in [-0.15, -0.1) is 0 Å². The molecule has 2 rings (SSSR count). The van der Waals surface area contributed by atoms with Crippen LogP contribution in [0.4, 0.5) is 13.2 Å². The van der Waals surface area contributed by atoms with Gasteiger partial charge in [0.1, 0.15) is 5.75 Å². The molecule has 0 radical (unpaired) electrons. The highest BCUT2D eigenvalue weighted by atomic mass is 19.4. The molecule has 0 unspecified atom stereocenters. The Bertz CT molecular complexity index is 773. The van der Waals surface area contributed by atoms with Crippen molar-refractivity contribution >= 4 is 11.9 Å². The van der Waals surface area contributed by atoms with E-state index in [1.807, 2.05) is 0 Å². The second-order valence-corrected chi connectivity index (χ2v) is 5.28. The number of ether oxygens (including phenoxy) is 2. The third kappa shape index (κ3) is 5.51. The van der Waals surface area contributed by atoms with E-state index < -0.39 is 30.2 Å². The van der Waals surface area contributed by atoms with Crippen LogP contribution in [0.15, 0.2) is 48.5 Å². The van der Waals surface area contributed by atoms with Crippen LogP contribution in [0.1, 0.15) is 21.5 Å². The third-order valence-corrected chi connectivity index (χ3v) is 3.41. The van der Waals surface area contributed by atoms with Gasteiger partial charge in [0.05, 0.1) is 18.2 Å². The van der Waals surface area contributed by atoms with E-state index >= 15 is 0 Å². The zero-order chi connectivity index (χ0) is 19.2. The standard InChI is InChI=1S/C18H16F3NO4/c1-25-15-4-2-3-13(9-15)17(24)26-11-16(23)22-10-12-5-7-14(8-6-12)18(19,20)21/h2-9H,10-11H2,1H3,(H,22,23). The maximum absolute atomic E-state index is 12.5. The van der Waals surface area contributed by atoms with Crippen LogP contribution in [0.3, 0.4) is 0 Å². The summed E-state index contributed by atoms with van der Waals surface area (Å²) in [5, 5.41) is 2.46. The quantitative estimate of drug-likeness (QED) is 0.797. The van der Waals surface area contributed by atoms with Gasteiger partial charge in [-0.2, -0.15) is 13.2 Å². The number of hydrogen-bond acceptors (Lipinski definition) is 4. The number of esters is 1. The molecule has 8 heteroatoms. The number of carbonyl (C=O) groups excluding carboxylic acids is 2. The zero-order valence-corrected chi connectivity index (χ0v) is 13.8. The van der Waals surface area contributed by atoms with Gasteiger partial charge in [0.15, 0.2) is 6.61 Å². The minimum atomic E-state index is -4.41. The summed E-state index contributed by atoms with van der Waals surface area (Å²) in [7, 11) is 1.46. The summed E-state index contributed by atoms with van der Waals surface area (Å²) < 4.78 is 47.3. The number of benzene rings is 2. The zero-order valence-electron chi connectivity index (χ0n) is 13.8. The lowest BCUT2D eigenvalue weighted by atomic mass is 10.1. The second kappa shape index (κ2) is 8.37. The number of halogens is 3. The topological polar surface area (TPSA) is 64.6 Å². The van der Waals surface area contributed by atoms with Gasteiger partial charge < -0.3 is 14.8 Å². The summed E-state index contributed by atoms with van der Waals surface area (Å²) in [6.45, 7) is -0.482. The van der Waals surface area contributed by atoms with Crippen LogP contribution in [-0.4, -0.2) is 25.6 Å². The molecule has 0 bridgehead atoms. The summed E-state index contributed by atoms with van der Waals surface area (Å²) in [6.07, 6.45) is -4.41. The SMILES string of the molecule is COc1cccc(C(=O)OCC(=O)NCc2ccc(C(F)(F)F)cc2)c1. The molecular formula is C18H16F3NO4. The van der Waals surface area contributed by atoms with Crippen molar-refractivity contribution in [3.05, 3.63) is 65.2 Å². The first-order valence-electron chi connectivity index (χ1n) is 7.53. The largest absolute Gasteiger partial charge is 0.497 e. The van der Waals surface area contributed by atoms with Gasteiger partial charge in [-0.1, -0.05) is 18.2 Å². The van der Waals surface area contributed by atoms with Gasteiger partial charge in [-0.05, 0) is 35.9 Å². The van der Waals surface area contributed by atoms with Crippen molar-refractivity contribution < 1.29 is 32.2 Å². The number of alkyl halides is 3. The Morgan fingerprint density at radius 3 is 2.38 bits per heavy atom. The first-order valence-corrected chi connectivity index (χ1v) is 7.53. The molecule has 0 aliphatic heterocycles. The van der Waals surface area contributed by atoms with Crippen molar-refractivity contribution in [2.75, 3.05) is 13.7 Å². The monoisotopic (exact) mass is 367 g/mol. The molecule has 26 heavy (non-hydrogen) atoms. The molecule has 5 nitrogen and oxygen atoms in total. The summed E-state index contributed by atoms with van der Waals surface area (Å²) in [5.74, 6) is -0.777. The van der Waals surface area contributed by atoms with E-state index in [9.17, 15) is 22.8 Å². The Kier molecular flexibility index (Phi) is 6.21. The van der Waals surface area contributed by atoms with Crippen LogP contribution < -0.4 is 10.1 Å². The molecule has 2 aromatic rings. The number of carbonyl (C=O) groups is 2. The van der Waals surface area contributed by atoms with E-state index in [1.165, 1.54) is 31.4 Å². The van der Waals surface area contributed by atoms with Crippen molar-refractivity contribution in [2.45, 2.75) is 12.7 Å². The van der Waals surface area contributed by atoms with E-state index in [0.717, 1.165) is 12.1 Å². The maximum atomic E-state index is 12.5. The smallest absolute Gasteiger partial charge is 0.416 e. The molecule has 0 fully saturated rings. The van der Waals surface area contributed by atoms with Gasteiger partial charge in [-0.3, -0.25) is 4.79 Å². The van der Waals surface area contributed by atoms with E-state index in [4.69, 9.17) is 9.47 Å². The van der Waals surface area contributed by atoms with Crippen LogP contribution in [0.5, 0.6) is 5.75 Å². The van der Waals surface area contributed by atoms with Crippen LogP contribution in [-0.2, 0) is 22.3 Å². The third-order valence-electron chi connectivity index (χ3n) is 3.41. The lowest BCUT2D eigenvalue weighted by Gasteiger charge is -2.09. The Morgan fingerprint density at radius 2 is 1.77 bits per heavy atom. The lowest BCUT2D eigenvalue weighted by Crippen LogP contribution is -2.28. The first kappa shape index (κ1) is 19.3. The van der Waals surface area contributed by atoms with Crippen molar-refractivity contribution in [2.24, 2.45) is 0 Å². The highest BCUT2D eigenvalue weighted by molar-refractivity contribution is 5.91. The van der Waals surface area contributed by atoms with Gasteiger partial charge in [0.2, 0.25) is 0 Å². The first-order chi connectivity index (χ1) is 12.3. The van der Waals surface area contributed by atoms with Crippen molar-refractivity contribution in [3.63, 3.8) is 0 Å². The Morgan fingerprint density at radius 1 is 1.08 bits per heavy atom. The number of hydrogen-bond donors (Lipinski definition) is 1. The lowest BCUT2D eigenvalue weighted by molar-refractivity contribution is -0.137. The molecule has 2 aromatic carbocycles. The fourth-order valence-corrected chi connectivity index (χ4v) is 2.03. The molecule has 0 spiro atoms. The van der Waals surface area contributed by atoms with Crippen LogP contribution in [0, 0.1) is 0 Å². The minimum absolute atomic E-state index is 0.0215. The number of nitrogens with one attached hydrogen (secondary N) is 1. The summed E-state index contributed by atoms with van der Waals surface area (Å²) in [5.41, 5.74) is -0.0369. The maximum Gasteiger partial charge on any atom is 0.416 e. The van der Waals surface area contributed by atoms with Crippen molar-refractivity contribution in [1.29, 1.82) is 0 Å². The normalized spacial score (nSPS) is 10.9. The average molecular weight is 367 g/mol. The Hall–Kier alpha value is -3.03. The highest BCUT2D eigenvalue weighted by Crippen LogP contribution is 2.29. The molecule has 1 N–H and O–H groups in total. The number of methoxy groups -OCH3 is 1. The Labute approximate surface area is 147 Å². The molecule has 0 heterocycles. The van der Waals surface area contributed by atoms with E-state index in [-0.39, 0.29) is 12.1 Å². The molecule has 1 amide bonds. The molecule has 0 aliphatic carbocycles. The molecular weight excluding hydrogens is 351 g/mol. The fraction of sp³-hybridized carbons (Fsp3) is 0.222. The summed E-state index contributed by atoms with van der Waals surface area (Å²) in [4.78, 5) is 23.6. The van der Waals surface area contributed by atoms with Crippen LogP contribution in [0.25, 0.3) is 0 Å². The molecule has 0 saturated heterocycles. The highest BCUT2D eigenvalue weighted by Gasteiger charge is 2.29. The molecule has 0 aliphatic rings. The van der Waals surface area contributed by atoms with Crippen LogP contribution in [0.2, 0.25) is 0 Å². The van der Waals surface area contributed by atoms with Crippen molar-refractivity contribution in [3.8, 4) is 5.75 Å². The van der Waals surface area contributed by atoms with E-state index in [2.05, 4.69) is 5.32 Å². The fourth-order valence-electron chi connectivity index (χ4n) is 2.03. The van der Waals surface area contributed by atoms with Crippen LogP contribution >= 0.6 is 0 Å². The van der Waals surface area contributed by atoms with Crippen molar-refractivity contribution in [1.82, 2.24) is 5.32 Å². The Balaban J connectivity index is 1.80. The second-order valence-electron chi connectivity index (χ2n) is 5.28. The van der Waals surface area contributed by atoms with Gasteiger partial charge in [0, 0.05) is 6.54 Å². The molecule has 0 atom stereocenters. The predicted octanol–water partition coefficient (Wildman–Crippen LogP) is 3.19. The average Bonchev–Trinajstić information content (AvgIpc) is 2.64. The molecule has 0 saturated carbocycles. The number of rotatable bonds is 6. The summed E-state index contributed by atoms with van der Waals surface area (Å²) >= 11 is 0. The van der Waals surface area contributed by atoms with Gasteiger partial charge in [0.25, 0.3) is 5.91 Å².